The minimum Gasteiger partial charge on any atom is -0.478 e. The number of hydrogen-bond donors (Lipinski definition) is 3. The molecule has 1 aromatic rings. The molecule has 0 aliphatic rings. The van der Waals surface area contributed by atoms with E-state index >= 15 is 0 Å². The molecule has 3 N–H and O–H groups in total. The first-order chi connectivity index (χ1) is 9.32. The Morgan fingerprint density at radius 2 is 2.00 bits per heavy atom. The molecular weight excluding hydrogens is 304 g/mol. The molecule has 0 aromatic heterocycles. The smallest absolute Gasteiger partial charge is 0.336 e. The van der Waals surface area contributed by atoms with Crippen molar-refractivity contribution < 1.29 is 24.9 Å². The van der Waals surface area contributed by atoms with E-state index in [2.05, 4.69) is 0 Å². The van der Waals surface area contributed by atoms with E-state index in [1.165, 1.54) is 25.1 Å². The Morgan fingerprint density at radius 1 is 1.35 bits per heavy atom. The molecule has 0 radical (unpaired) electrons. The van der Waals surface area contributed by atoms with Gasteiger partial charge in [-0.15, -0.1) is 0 Å². The van der Waals surface area contributed by atoms with Crippen molar-refractivity contribution in [3.63, 3.8) is 0 Å². The van der Waals surface area contributed by atoms with Gasteiger partial charge in [-0.05, 0) is 30.2 Å². The van der Waals surface area contributed by atoms with Crippen molar-refractivity contribution in [3.05, 3.63) is 34.3 Å². The van der Waals surface area contributed by atoms with Crippen LogP contribution in [0.1, 0.15) is 35.4 Å². The van der Waals surface area contributed by atoms with Crippen LogP contribution in [0.4, 0.5) is 0 Å². The predicted octanol–water partition coefficient (Wildman–Crippen LogP) is 2.10. The summed E-state index contributed by atoms with van der Waals surface area (Å²) in [5.74, 6) is -0.864. The number of aromatic carboxylic acids is 1. The minimum absolute atomic E-state index is 0.0605. The molecule has 0 aliphatic carbocycles. The van der Waals surface area contributed by atoms with Gasteiger partial charge in [0.1, 0.15) is 6.10 Å². The number of carboxylic acid groups (broad SMARTS) is 1. The summed E-state index contributed by atoms with van der Waals surface area (Å²) >= 11 is 6.82. The van der Waals surface area contributed by atoms with E-state index in [4.69, 9.17) is 16.7 Å². The van der Waals surface area contributed by atoms with Crippen molar-refractivity contribution in [2.24, 2.45) is 0 Å². The maximum atomic E-state index is 11.1. The summed E-state index contributed by atoms with van der Waals surface area (Å²) in [5.41, 5.74) is -0.0505. The topological polar surface area (TPSA) is 94.8 Å². The first-order valence-electron chi connectivity index (χ1n) is 5.85. The second-order valence-corrected chi connectivity index (χ2v) is 5.89. The molecule has 0 aliphatic heterocycles. The van der Waals surface area contributed by atoms with Crippen LogP contribution in [-0.2, 0) is 4.79 Å². The van der Waals surface area contributed by atoms with Gasteiger partial charge in [0, 0.05) is 17.7 Å². The lowest BCUT2D eigenvalue weighted by Gasteiger charge is -2.19. The normalized spacial score (nSPS) is 13.8. The highest BCUT2D eigenvalue weighted by molar-refractivity contribution is 8.13. The summed E-state index contributed by atoms with van der Waals surface area (Å²) in [7, 11) is 0. The van der Waals surface area contributed by atoms with Crippen molar-refractivity contribution in [2.75, 3.05) is 5.75 Å². The number of hydrogen-bond acceptors (Lipinski definition) is 5. The number of carbonyl (C=O) groups excluding carboxylic acids is 1. The van der Waals surface area contributed by atoms with Crippen molar-refractivity contribution >= 4 is 34.4 Å². The summed E-state index contributed by atoms with van der Waals surface area (Å²) in [5, 5.41) is 29.2. The SMILES string of the molecule is CC(=O)SCCC(O)C(O)c1cc(Cl)ccc1C(=O)O. The number of benzene rings is 1. The second-order valence-electron chi connectivity index (χ2n) is 4.18. The van der Waals surface area contributed by atoms with E-state index in [1.807, 2.05) is 0 Å². The molecule has 2 unspecified atom stereocenters. The van der Waals surface area contributed by atoms with Gasteiger partial charge < -0.3 is 15.3 Å². The van der Waals surface area contributed by atoms with Gasteiger partial charge in [-0.25, -0.2) is 4.79 Å². The van der Waals surface area contributed by atoms with Crippen molar-refractivity contribution in [3.8, 4) is 0 Å². The van der Waals surface area contributed by atoms with Gasteiger partial charge >= 0.3 is 5.97 Å². The average Bonchev–Trinajstić information content (AvgIpc) is 2.36. The van der Waals surface area contributed by atoms with Crippen LogP contribution in [0.15, 0.2) is 18.2 Å². The summed E-state index contributed by atoms with van der Waals surface area (Å²) < 4.78 is 0. The number of aliphatic hydroxyl groups excluding tert-OH is 2. The Hall–Kier alpha value is -1.08. The monoisotopic (exact) mass is 318 g/mol. The van der Waals surface area contributed by atoms with E-state index < -0.39 is 18.2 Å². The lowest BCUT2D eigenvalue weighted by Crippen LogP contribution is -2.21. The molecule has 0 bridgehead atoms. The van der Waals surface area contributed by atoms with Crippen LogP contribution in [0.2, 0.25) is 5.02 Å². The molecule has 2 atom stereocenters. The molecule has 5 nitrogen and oxygen atoms in total. The molecule has 0 spiro atoms. The molecule has 0 saturated carbocycles. The van der Waals surface area contributed by atoms with E-state index in [9.17, 15) is 19.8 Å². The van der Waals surface area contributed by atoms with E-state index in [0.717, 1.165) is 11.8 Å². The third-order valence-corrected chi connectivity index (χ3v) is 3.73. The molecular formula is C13H15ClO5S. The van der Waals surface area contributed by atoms with E-state index in [0.29, 0.717) is 5.75 Å². The molecule has 7 heteroatoms. The largest absolute Gasteiger partial charge is 0.478 e. The number of rotatable bonds is 6. The zero-order valence-electron chi connectivity index (χ0n) is 10.7. The molecule has 20 heavy (non-hydrogen) atoms. The number of carboxylic acids is 1. The second kappa shape index (κ2) is 7.64. The van der Waals surface area contributed by atoms with Crippen LogP contribution in [-0.4, -0.2) is 38.3 Å². The van der Waals surface area contributed by atoms with Gasteiger partial charge in [-0.1, -0.05) is 23.4 Å². The zero-order valence-corrected chi connectivity index (χ0v) is 12.3. The van der Waals surface area contributed by atoms with Gasteiger partial charge in [0.05, 0.1) is 11.7 Å². The number of aliphatic hydroxyl groups is 2. The van der Waals surface area contributed by atoms with Crippen LogP contribution in [0.3, 0.4) is 0 Å². The molecule has 110 valence electrons. The summed E-state index contributed by atoms with van der Waals surface area (Å²) in [4.78, 5) is 21.9. The third-order valence-electron chi connectivity index (χ3n) is 2.65. The summed E-state index contributed by atoms with van der Waals surface area (Å²) in [6.07, 6.45) is -2.37. The maximum absolute atomic E-state index is 11.1. The van der Waals surface area contributed by atoms with Crippen LogP contribution in [0.5, 0.6) is 0 Å². The molecule has 0 fully saturated rings. The molecule has 0 saturated heterocycles. The fraction of sp³-hybridized carbons (Fsp3) is 0.385. The number of thioether (sulfide) groups is 1. The highest BCUT2D eigenvalue weighted by atomic mass is 35.5. The van der Waals surface area contributed by atoms with Crippen LogP contribution >= 0.6 is 23.4 Å². The third kappa shape index (κ3) is 4.79. The van der Waals surface area contributed by atoms with Crippen molar-refractivity contribution in [1.29, 1.82) is 0 Å². The van der Waals surface area contributed by atoms with Crippen LogP contribution in [0.25, 0.3) is 0 Å². The van der Waals surface area contributed by atoms with Crippen LogP contribution in [0, 0.1) is 0 Å². The highest BCUT2D eigenvalue weighted by Gasteiger charge is 2.24. The standard InChI is InChI=1S/C13H15ClO5S/c1-7(15)20-5-4-11(16)12(17)10-6-8(14)2-3-9(10)13(18)19/h2-3,6,11-12,16-17H,4-5H2,1H3,(H,18,19). The van der Waals surface area contributed by atoms with Gasteiger partial charge in [-0.3, -0.25) is 4.79 Å². The van der Waals surface area contributed by atoms with Crippen molar-refractivity contribution in [2.45, 2.75) is 25.6 Å². The Kier molecular flexibility index (Phi) is 6.48. The first kappa shape index (κ1) is 17.0. The fourth-order valence-electron chi connectivity index (χ4n) is 1.66. The average molecular weight is 319 g/mol. The summed E-state index contributed by atoms with van der Waals surface area (Å²) in [6.45, 7) is 1.41. The minimum atomic E-state index is -1.37. The van der Waals surface area contributed by atoms with Gasteiger partial charge in [-0.2, -0.15) is 0 Å². The predicted molar refractivity (Wildman–Crippen MR) is 77.1 cm³/mol. The van der Waals surface area contributed by atoms with Gasteiger partial charge in [0.25, 0.3) is 0 Å². The zero-order chi connectivity index (χ0) is 15.3. The Morgan fingerprint density at radius 3 is 2.55 bits per heavy atom. The highest BCUT2D eigenvalue weighted by Crippen LogP contribution is 2.26. The molecule has 1 aromatic carbocycles. The van der Waals surface area contributed by atoms with Crippen LogP contribution < -0.4 is 0 Å². The number of halogens is 1. The number of carbonyl (C=O) groups is 2. The van der Waals surface area contributed by atoms with Crippen molar-refractivity contribution in [1.82, 2.24) is 0 Å². The lowest BCUT2D eigenvalue weighted by molar-refractivity contribution is -0.109. The molecule has 0 amide bonds. The first-order valence-corrected chi connectivity index (χ1v) is 7.21. The quantitative estimate of drug-likeness (QED) is 0.743. The Bertz CT molecular complexity index is 506. The van der Waals surface area contributed by atoms with E-state index in [-0.39, 0.29) is 27.7 Å². The maximum Gasteiger partial charge on any atom is 0.336 e. The summed E-state index contributed by atoms with van der Waals surface area (Å²) in [6, 6.07) is 4.00. The fourth-order valence-corrected chi connectivity index (χ4v) is 2.49. The molecule has 1 rings (SSSR count). The Balaban J connectivity index is 2.84. The molecule has 0 heterocycles. The van der Waals surface area contributed by atoms with E-state index in [1.54, 1.807) is 0 Å². The van der Waals surface area contributed by atoms with Gasteiger partial charge in [0.15, 0.2) is 5.12 Å². The lowest BCUT2D eigenvalue weighted by atomic mass is 9.97. The van der Waals surface area contributed by atoms with Gasteiger partial charge in [0.2, 0.25) is 0 Å². The Labute approximate surface area is 125 Å².